The number of hydrogen-bond acceptors (Lipinski definition) is 8. The lowest BCUT2D eigenvalue weighted by molar-refractivity contribution is -0.152. The van der Waals surface area contributed by atoms with Crippen LogP contribution in [0.5, 0.6) is 5.75 Å². The van der Waals surface area contributed by atoms with Gasteiger partial charge < -0.3 is 24.3 Å². The van der Waals surface area contributed by atoms with Gasteiger partial charge in [-0.1, -0.05) is 6.07 Å². The fraction of sp³-hybridized carbons (Fsp3) is 0.350. The molecular formula is C20H22FNO7. The maximum Gasteiger partial charge on any atom is 0.336 e. The van der Waals surface area contributed by atoms with Crippen molar-refractivity contribution in [2.75, 3.05) is 21.3 Å². The molecule has 8 nitrogen and oxygen atoms in total. The summed E-state index contributed by atoms with van der Waals surface area (Å²) < 4.78 is 33.5. The van der Waals surface area contributed by atoms with E-state index in [2.05, 4.69) is 5.32 Å². The first-order valence-electron chi connectivity index (χ1n) is 8.59. The number of allylic oxidation sites excluding steroid dienone is 2. The van der Waals surface area contributed by atoms with Crippen molar-refractivity contribution in [3.63, 3.8) is 0 Å². The number of dihydropyridines is 1. The van der Waals surface area contributed by atoms with Gasteiger partial charge in [-0.15, -0.1) is 0 Å². The number of carbonyl (C=O) groups is 3. The van der Waals surface area contributed by atoms with Gasteiger partial charge in [0.25, 0.3) is 0 Å². The Morgan fingerprint density at radius 3 is 2.00 bits per heavy atom. The minimum absolute atomic E-state index is 0.0523. The smallest absolute Gasteiger partial charge is 0.336 e. The molecule has 1 N–H and O–H groups in total. The normalized spacial score (nSPS) is 14.3. The number of ether oxygens (including phenoxy) is 4. The molecule has 0 unspecified atom stereocenters. The lowest BCUT2D eigenvalue weighted by Gasteiger charge is -2.28. The van der Waals surface area contributed by atoms with E-state index in [0.29, 0.717) is 17.0 Å². The summed E-state index contributed by atoms with van der Waals surface area (Å²) in [5.41, 5.74) is 0.930. The molecule has 1 aromatic rings. The van der Waals surface area contributed by atoms with E-state index in [1.165, 1.54) is 25.3 Å². The SMILES string of the molecule is COC(=O)C1=C(C)NC(C)=C(C(=O)OC)C1C(=O)OCc1ccc(OC)c(F)c1. The third-order valence-corrected chi connectivity index (χ3v) is 4.40. The second kappa shape index (κ2) is 9.22. The molecule has 1 aromatic carbocycles. The zero-order valence-electron chi connectivity index (χ0n) is 16.8. The second-order valence-electron chi connectivity index (χ2n) is 6.20. The Hall–Kier alpha value is -3.36. The van der Waals surface area contributed by atoms with Crippen LogP contribution in [0.1, 0.15) is 19.4 Å². The Kier molecular flexibility index (Phi) is 6.98. The average molecular weight is 407 g/mol. The molecule has 0 aromatic heterocycles. The summed E-state index contributed by atoms with van der Waals surface area (Å²) in [6.45, 7) is 2.87. The van der Waals surface area contributed by atoms with Crippen LogP contribution in [0.15, 0.2) is 40.7 Å². The molecule has 1 aliphatic heterocycles. The second-order valence-corrected chi connectivity index (χ2v) is 6.20. The Bertz CT molecular complexity index is 866. The Morgan fingerprint density at radius 2 is 1.55 bits per heavy atom. The highest BCUT2D eigenvalue weighted by Crippen LogP contribution is 2.32. The average Bonchev–Trinajstić information content (AvgIpc) is 2.70. The van der Waals surface area contributed by atoms with Crippen molar-refractivity contribution in [1.82, 2.24) is 5.32 Å². The molecule has 0 atom stereocenters. The Morgan fingerprint density at radius 1 is 1.00 bits per heavy atom. The summed E-state index contributed by atoms with van der Waals surface area (Å²) in [4.78, 5) is 37.4. The molecule has 0 fully saturated rings. The first-order chi connectivity index (χ1) is 13.7. The van der Waals surface area contributed by atoms with Crippen LogP contribution in [-0.4, -0.2) is 39.2 Å². The van der Waals surface area contributed by atoms with E-state index >= 15 is 0 Å². The topological polar surface area (TPSA) is 100 Å². The molecule has 0 saturated heterocycles. The third kappa shape index (κ3) is 4.56. The van der Waals surface area contributed by atoms with E-state index in [-0.39, 0.29) is 23.5 Å². The van der Waals surface area contributed by atoms with Crippen molar-refractivity contribution in [3.05, 3.63) is 52.1 Å². The van der Waals surface area contributed by atoms with Gasteiger partial charge >= 0.3 is 17.9 Å². The standard InChI is InChI=1S/C20H22FNO7/c1-10-15(18(23)27-4)17(16(11(2)22-10)19(24)28-5)20(25)29-9-12-6-7-14(26-3)13(21)8-12/h6-8,17,22H,9H2,1-5H3. The Balaban J connectivity index is 2.35. The molecule has 0 aliphatic carbocycles. The molecule has 156 valence electrons. The zero-order valence-corrected chi connectivity index (χ0v) is 16.8. The highest BCUT2D eigenvalue weighted by atomic mass is 19.1. The van der Waals surface area contributed by atoms with Crippen molar-refractivity contribution in [1.29, 1.82) is 0 Å². The molecule has 0 amide bonds. The van der Waals surface area contributed by atoms with Crippen LogP contribution in [-0.2, 0) is 35.2 Å². The van der Waals surface area contributed by atoms with E-state index in [4.69, 9.17) is 18.9 Å². The Labute approximate surface area is 167 Å². The molecule has 1 aliphatic rings. The maximum absolute atomic E-state index is 13.8. The molecule has 0 radical (unpaired) electrons. The summed E-state index contributed by atoms with van der Waals surface area (Å²) in [5.74, 6) is -4.36. The summed E-state index contributed by atoms with van der Waals surface area (Å²) >= 11 is 0. The third-order valence-electron chi connectivity index (χ3n) is 4.40. The highest BCUT2D eigenvalue weighted by molar-refractivity contribution is 6.05. The van der Waals surface area contributed by atoms with Gasteiger partial charge in [-0.05, 0) is 31.5 Å². The first kappa shape index (κ1) is 21.9. The lowest BCUT2D eigenvalue weighted by atomic mass is 9.85. The monoisotopic (exact) mass is 407 g/mol. The largest absolute Gasteiger partial charge is 0.494 e. The number of carbonyl (C=O) groups excluding carboxylic acids is 3. The number of nitrogens with one attached hydrogen (secondary N) is 1. The zero-order chi connectivity index (χ0) is 21.7. The molecule has 1 heterocycles. The van der Waals surface area contributed by atoms with Crippen molar-refractivity contribution in [2.45, 2.75) is 20.5 Å². The number of hydrogen-bond donors (Lipinski definition) is 1. The summed E-state index contributed by atoms with van der Waals surface area (Å²) in [6, 6.07) is 4.10. The van der Waals surface area contributed by atoms with Gasteiger partial charge in [-0.2, -0.15) is 0 Å². The van der Waals surface area contributed by atoms with Gasteiger partial charge in [0, 0.05) is 11.4 Å². The fourth-order valence-electron chi connectivity index (χ4n) is 3.03. The van der Waals surface area contributed by atoms with Gasteiger partial charge in [-0.3, -0.25) is 4.79 Å². The van der Waals surface area contributed by atoms with Crippen molar-refractivity contribution >= 4 is 17.9 Å². The first-order valence-corrected chi connectivity index (χ1v) is 8.59. The van der Waals surface area contributed by atoms with E-state index in [9.17, 15) is 18.8 Å². The van der Waals surface area contributed by atoms with Crippen LogP contribution in [0.25, 0.3) is 0 Å². The summed E-state index contributed by atoms with van der Waals surface area (Å²) in [6.07, 6.45) is 0. The van der Waals surface area contributed by atoms with E-state index in [1.807, 2.05) is 0 Å². The molecule has 2 rings (SSSR count). The van der Waals surface area contributed by atoms with Crippen LogP contribution in [0.4, 0.5) is 4.39 Å². The fourth-order valence-corrected chi connectivity index (χ4v) is 3.03. The van der Waals surface area contributed by atoms with Crippen molar-refractivity contribution < 1.29 is 37.7 Å². The number of rotatable bonds is 6. The van der Waals surface area contributed by atoms with Gasteiger partial charge in [0.1, 0.15) is 12.5 Å². The van der Waals surface area contributed by atoms with Gasteiger partial charge in [-0.25, -0.2) is 14.0 Å². The molecule has 0 bridgehead atoms. The molecule has 9 heteroatoms. The van der Waals surface area contributed by atoms with Crippen LogP contribution >= 0.6 is 0 Å². The van der Waals surface area contributed by atoms with Crippen LogP contribution in [0.3, 0.4) is 0 Å². The number of methoxy groups -OCH3 is 3. The summed E-state index contributed by atoms with van der Waals surface area (Å²) in [7, 11) is 3.66. The molecular weight excluding hydrogens is 385 g/mol. The predicted octanol–water partition coefficient (Wildman–Crippen LogP) is 1.99. The maximum atomic E-state index is 13.8. The van der Waals surface area contributed by atoms with E-state index < -0.39 is 29.6 Å². The molecule has 29 heavy (non-hydrogen) atoms. The van der Waals surface area contributed by atoms with Gasteiger partial charge in [0.05, 0.1) is 32.5 Å². The highest BCUT2D eigenvalue weighted by Gasteiger charge is 2.42. The van der Waals surface area contributed by atoms with Crippen LogP contribution in [0, 0.1) is 11.7 Å². The van der Waals surface area contributed by atoms with Crippen LogP contribution < -0.4 is 10.1 Å². The van der Waals surface area contributed by atoms with Gasteiger partial charge in [0.2, 0.25) is 0 Å². The number of halogens is 1. The molecule has 0 spiro atoms. The predicted molar refractivity (Wildman–Crippen MR) is 98.8 cm³/mol. The lowest BCUT2D eigenvalue weighted by Crippen LogP contribution is -2.37. The van der Waals surface area contributed by atoms with Crippen molar-refractivity contribution in [3.8, 4) is 5.75 Å². The quantitative estimate of drug-likeness (QED) is 0.565. The van der Waals surface area contributed by atoms with Gasteiger partial charge in [0.15, 0.2) is 11.6 Å². The van der Waals surface area contributed by atoms with E-state index in [1.54, 1.807) is 13.8 Å². The summed E-state index contributed by atoms with van der Waals surface area (Å²) in [5, 5.41) is 2.87. The number of esters is 3. The molecule has 0 saturated carbocycles. The van der Waals surface area contributed by atoms with Crippen molar-refractivity contribution in [2.24, 2.45) is 5.92 Å². The number of benzene rings is 1. The van der Waals surface area contributed by atoms with E-state index in [0.717, 1.165) is 14.2 Å². The van der Waals surface area contributed by atoms with Crippen LogP contribution in [0.2, 0.25) is 0 Å². The minimum atomic E-state index is -1.35. The minimum Gasteiger partial charge on any atom is -0.494 e.